The molecule has 3 heterocycles. The van der Waals surface area contributed by atoms with Crippen LogP contribution in [0.15, 0.2) is 58.4 Å². The van der Waals surface area contributed by atoms with Gasteiger partial charge < -0.3 is 0 Å². The van der Waals surface area contributed by atoms with Crippen molar-refractivity contribution < 1.29 is 0 Å². The third-order valence-electron chi connectivity index (χ3n) is 3.38. The van der Waals surface area contributed by atoms with E-state index < -0.39 is 0 Å². The third kappa shape index (κ3) is 2.08. The molecule has 1 aliphatic rings. The van der Waals surface area contributed by atoms with Crippen LogP contribution in [0.1, 0.15) is 17.1 Å². The van der Waals surface area contributed by atoms with Gasteiger partial charge in [-0.25, -0.2) is 0 Å². The van der Waals surface area contributed by atoms with Crippen molar-refractivity contribution in [3.05, 3.63) is 70.5 Å². The molecule has 0 amide bonds. The first-order valence-electron chi connectivity index (χ1n) is 6.48. The van der Waals surface area contributed by atoms with Crippen molar-refractivity contribution in [3.63, 3.8) is 0 Å². The first-order valence-corrected chi connectivity index (χ1v) is 7.27. The van der Waals surface area contributed by atoms with Crippen LogP contribution in [0.2, 0.25) is 0 Å². The van der Waals surface area contributed by atoms with Gasteiger partial charge in [0.25, 0.3) is 0 Å². The monoisotopic (exact) mass is 339 g/mol. The summed E-state index contributed by atoms with van der Waals surface area (Å²) in [5.41, 5.74) is 3.76. The number of aromatic nitrogens is 4. The predicted molar refractivity (Wildman–Crippen MR) is 82.6 cm³/mol. The molecule has 21 heavy (non-hydrogen) atoms. The number of halogens is 1. The molecule has 1 aromatic carbocycles. The number of hydrogen-bond acceptors (Lipinski definition) is 4. The SMILES string of the molecule is Brc1ccc2c(c1)C(c1ccccn1)=NCc1nncn1-2. The Balaban J connectivity index is 2.00. The van der Waals surface area contributed by atoms with Gasteiger partial charge in [0, 0.05) is 16.2 Å². The summed E-state index contributed by atoms with van der Waals surface area (Å²) in [5, 5.41) is 8.12. The molecule has 0 unspecified atom stereocenters. The van der Waals surface area contributed by atoms with Gasteiger partial charge in [-0.05, 0) is 30.3 Å². The molecule has 1 aliphatic heterocycles. The molecule has 0 bridgehead atoms. The second kappa shape index (κ2) is 4.89. The zero-order chi connectivity index (χ0) is 14.2. The van der Waals surface area contributed by atoms with Crippen molar-refractivity contribution in [2.24, 2.45) is 4.99 Å². The van der Waals surface area contributed by atoms with Gasteiger partial charge >= 0.3 is 0 Å². The molecule has 0 saturated heterocycles. The molecule has 6 heteroatoms. The average molecular weight is 340 g/mol. The van der Waals surface area contributed by atoms with Gasteiger partial charge in [-0.15, -0.1) is 10.2 Å². The van der Waals surface area contributed by atoms with Crippen molar-refractivity contribution in [1.29, 1.82) is 0 Å². The van der Waals surface area contributed by atoms with Crippen LogP contribution in [0, 0.1) is 0 Å². The quantitative estimate of drug-likeness (QED) is 0.684. The lowest BCUT2D eigenvalue weighted by atomic mass is 10.0. The summed E-state index contributed by atoms with van der Waals surface area (Å²) in [6, 6.07) is 11.9. The summed E-state index contributed by atoms with van der Waals surface area (Å²) in [6.45, 7) is 0.484. The highest BCUT2D eigenvalue weighted by Crippen LogP contribution is 2.26. The maximum atomic E-state index is 4.70. The number of benzene rings is 1. The number of aliphatic imine (C=N–C) groups is 1. The number of rotatable bonds is 1. The highest BCUT2D eigenvalue weighted by atomic mass is 79.9. The Morgan fingerprint density at radius 1 is 1.14 bits per heavy atom. The van der Waals surface area contributed by atoms with Crippen LogP contribution in [-0.4, -0.2) is 25.5 Å². The number of hydrogen-bond donors (Lipinski definition) is 0. The standard InChI is InChI=1S/C15H10BrN5/c16-10-4-5-13-11(7-10)15(12-3-1-2-6-17-12)18-8-14-20-19-9-21(13)14/h1-7,9H,8H2. The van der Waals surface area contributed by atoms with E-state index in [1.807, 2.05) is 34.9 Å². The lowest BCUT2D eigenvalue weighted by Crippen LogP contribution is -2.08. The summed E-state index contributed by atoms with van der Waals surface area (Å²) in [7, 11) is 0. The van der Waals surface area contributed by atoms with E-state index in [9.17, 15) is 0 Å². The maximum absolute atomic E-state index is 4.70. The predicted octanol–water partition coefficient (Wildman–Crippen LogP) is 2.78. The molecule has 0 aliphatic carbocycles. The minimum absolute atomic E-state index is 0.484. The van der Waals surface area contributed by atoms with Gasteiger partial charge in [0.1, 0.15) is 12.9 Å². The van der Waals surface area contributed by atoms with Gasteiger partial charge in [-0.1, -0.05) is 22.0 Å². The second-order valence-electron chi connectivity index (χ2n) is 4.66. The molecule has 2 aromatic heterocycles. The van der Waals surface area contributed by atoms with Crippen molar-refractivity contribution in [1.82, 2.24) is 19.7 Å². The van der Waals surface area contributed by atoms with Crippen molar-refractivity contribution in [2.75, 3.05) is 0 Å². The highest BCUT2D eigenvalue weighted by molar-refractivity contribution is 9.10. The van der Waals surface area contributed by atoms with E-state index in [2.05, 4.69) is 37.2 Å². The lowest BCUT2D eigenvalue weighted by molar-refractivity contribution is 0.870. The van der Waals surface area contributed by atoms with Gasteiger partial charge in [-0.2, -0.15) is 0 Å². The molecule has 0 atom stereocenters. The van der Waals surface area contributed by atoms with Gasteiger partial charge in [0.05, 0.1) is 17.1 Å². The van der Waals surface area contributed by atoms with E-state index in [1.165, 1.54) is 0 Å². The zero-order valence-electron chi connectivity index (χ0n) is 10.9. The maximum Gasteiger partial charge on any atom is 0.159 e. The largest absolute Gasteiger partial charge is 0.283 e. The Labute approximate surface area is 129 Å². The van der Waals surface area contributed by atoms with Crippen LogP contribution in [0.25, 0.3) is 5.69 Å². The van der Waals surface area contributed by atoms with E-state index >= 15 is 0 Å². The molecule has 0 fully saturated rings. The number of nitrogens with zero attached hydrogens (tertiary/aromatic N) is 5. The fourth-order valence-corrected chi connectivity index (χ4v) is 2.79. The highest BCUT2D eigenvalue weighted by Gasteiger charge is 2.20. The molecule has 3 aromatic rings. The van der Waals surface area contributed by atoms with Gasteiger partial charge in [0.2, 0.25) is 0 Å². The van der Waals surface area contributed by atoms with Gasteiger partial charge in [-0.3, -0.25) is 14.5 Å². The van der Waals surface area contributed by atoms with E-state index in [0.717, 1.165) is 33.0 Å². The Hall–Kier alpha value is -2.34. The number of fused-ring (bicyclic) bond motifs is 3. The van der Waals surface area contributed by atoms with Crippen molar-refractivity contribution in [3.8, 4) is 5.69 Å². The Bertz CT molecular complexity index is 838. The fraction of sp³-hybridized carbons (Fsp3) is 0.0667. The van der Waals surface area contributed by atoms with Crippen LogP contribution >= 0.6 is 15.9 Å². The average Bonchev–Trinajstić information content (AvgIpc) is 2.92. The molecule has 0 radical (unpaired) electrons. The first kappa shape index (κ1) is 12.4. The number of pyridine rings is 1. The minimum atomic E-state index is 0.484. The fourth-order valence-electron chi connectivity index (χ4n) is 2.43. The van der Waals surface area contributed by atoms with Crippen LogP contribution in [0.3, 0.4) is 0 Å². The van der Waals surface area contributed by atoms with E-state index in [4.69, 9.17) is 4.99 Å². The summed E-state index contributed by atoms with van der Waals surface area (Å²) >= 11 is 3.53. The second-order valence-corrected chi connectivity index (χ2v) is 5.57. The zero-order valence-corrected chi connectivity index (χ0v) is 12.5. The molecule has 0 saturated carbocycles. The molecule has 4 rings (SSSR count). The third-order valence-corrected chi connectivity index (χ3v) is 3.87. The van der Waals surface area contributed by atoms with E-state index in [0.29, 0.717) is 6.54 Å². The van der Waals surface area contributed by atoms with Crippen LogP contribution in [-0.2, 0) is 6.54 Å². The van der Waals surface area contributed by atoms with Gasteiger partial charge in [0.15, 0.2) is 5.82 Å². The Morgan fingerprint density at radius 3 is 2.95 bits per heavy atom. The van der Waals surface area contributed by atoms with E-state index in [1.54, 1.807) is 12.5 Å². The minimum Gasteiger partial charge on any atom is -0.283 e. The summed E-state index contributed by atoms with van der Waals surface area (Å²) in [5.74, 6) is 0.824. The molecule has 5 nitrogen and oxygen atoms in total. The Morgan fingerprint density at radius 2 is 2.10 bits per heavy atom. The smallest absolute Gasteiger partial charge is 0.159 e. The molecule has 102 valence electrons. The van der Waals surface area contributed by atoms with Crippen LogP contribution < -0.4 is 0 Å². The lowest BCUT2D eigenvalue weighted by Gasteiger charge is -2.11. The topological polar surface area (TPSA) is 56.0 Å². The van der Waals surface area contributed by atoms with Crippen molar-refractivity contribution in [2.45, 2.75) is 6.54 Å². The Kier molecular flexibility index (Phi) is 2.89. The summed E-state index contributed by atoms with van der Waals surface area (Å²) in [4.78, 5) is 9.13. The molecular formula is C15H10BrN5. The molecule has 0 spiro atoms. The first-order chi connectivity index (χ1) is 10.3. The summed E-state index contributed by atoms with van der Waals surface area (Å²) in [6.07, 6.45) is 3.50. The normalized spacial score (nSPS) is 13.1. The van der Waals surface area contributed by atoms with Crippen LogP contribution in [0.4, 0.5) is 0 Å². The summed E-state index contributed by atoms with van der Waals surface area (Å²) < 4.78 is 2.97. The molecule has 0 N–H and O–H groups in total. The molecular weight excluding hydrogens is 330 g/mol. The van der Waals surface area contributed by atoms with E-state index in [-0.39, 0.29) is 0 Å². The van der Waals surface area contributed by atoms with Crippen molar-refractivity contribution >= 4 is 21.6 Å². The van der Waals surface area contributed by atoms with Crippen LogP contribution in [0.5, 0.6) is 0 Å².